The number of carboxylic acids is 1. The van der Waals surface area contributed by atoms with Gasteiger partial charge in [-0.05, 0) is 144 Å². The Balaban J connectivity index is 0.000000173. The third-order valence-electron chi connectivity index (χ3n) is 12.8. The molecule has 6 nitrogen and oxygen atoms in total. The fraction of sp³-hybridized carbons (Fsp3) is 0.730. The van der Waals surface area contributed by atoms with Crippen LogP contribution in [0.3, 0.4) is 0 Å². The average Bonchev–Trinajstić information content (AvgIpc) is 3.13. The van der Waals surface area contributed by atoms with Gasteiger partial charge in [-0.15, -0.1) is 0 Å². The summed E-state index contributed by atoms with van der Waals surface area (Å²) in [6.07, 6.45) is 13.2. The minimum Gasteiger partial charge on any atom is -0.481 e. The number of piperidine rings is 1. The monoisotopic (exact) mass is 592 g/mol. The lowest BCUT2D eigenvalue weighted by atomic mass is 9.41. The molecule has 1 aromatic carbocycles. The van der Waals surface area contributed by atoms with Crippen molar-refractivity contribution in [1.82, 2.24) is 4.90 Å². The number of carbonyl (C=O) groups is 2. The van der Waals surface area contributed by atoms with Gasteiger partial charge in [-0.25, -0.2) is 0 Å². The highest BCUT2D eigenvalue weighted by Gasteiger charge is 2.67. The molecule has 2 bridgehead atoms. The van der Waals surface area contributed by atoms with Gasteiger partial charge in [0.2, 0.25) is 5.91 Å². The minimum atomic E-state index is -0.634. The minimum absolute atomic E-state index is 0.0442. The molecule has 5 aliphatic rings. The molecule has 1 aliphatic heterocycles. The van der Waals surface area contributed by atoms with E-state index in [0.717, 1.165) is 113 Å². The van der Waals surface area contributed by atoms with E-state index in [1.807, 2.05) is 39.0 Å². The van der Waals surface area contributed by atoms with Crippen molar-refractivity contribution >= 4 is 17.6 Å². The molecule has 0 aromatic heterocycles. The van der Waals surface area contributed by atoms with Gasteiger partial charge in [0.1, 0.15) is 0 Å². The molecule has 1 saturated heterocycles. The normalized spacial score (nSPS) is 38.7. The number of fused-ring (bicyclic) bond motifs is 3. The third-order valence-corrected chi connectivity index (χ3v) is 12.8. The van der Waals surface area contributed by atoms with E-state index in [1.165, 1.54) is 6.42 Å². The zero-order chi connectivity index (χ0) is 31.2. The molecule has 0 radical (unpaired) electrons. The fourth-order valence-corrected chi connectivity index (χ4v) is 10.7. The number of aliphatic carboxylic acids is 1. The maximum Gasteiger partial charge on any atom is 0.309 e. The lowest BCUT2D eigenvalue weighted by Gasteiger charge is -2.63. The number of carbonyl (C=O) groups excluding carboxylic acids is 1. The molecule has 1 aromatic rings. The van der Waals surface area contributed by atoms with Gasteiger partial charge in [0.15, 0.2) is 0 Å². The van der Waals surface area contributed by atoms with Crippen molar-refractivity contribution in [3.05, 3.63) is 41.5 Å². The van der Waals surface area contributed by atoms with Crippen molar-refractivity contribution in [3.8, 4) is 0 Å². The number of nitrogens with zero attached hydrogens (tertiary/aromatic N) is 1. The summed E-state index contributed by atoms with van der Waals surface area (Å²) in [6.45, 7) is 16.9. The Morgan fingerprint density at radius 1 is 1.00 bits per heavy atom. The third kappa shape index (κ3) is 5.60. The highest BCUT2D eigenvalue weighted by Crippen LogP contribution is 2.72. The first-order chi connectivity index (χ1) is 20.3. The number of aliphatic hydroxyl groups is 1. The Hall–Kier alpha value is -2.18. The Morgan fingerprint density at radius 3 is 2.37 bits per heavy atom. The van der Waals surface area contributed by atoms with Crippen molar-refractivity contribution in [2.45, 2.75) is 130 Å². The molecule has 43 heavy (non-hydrogen) atoms. The summed E-state index contributed by atoms with van der Waals surface area (Å²) in [5.41, 5.74) is 3.38. The van der Waals surface area contributed by atoms with Crippen LogP contribution in [0.2, 0.25) is 0 Å². The second-order valence-corrected chi connectivity index (χ2v) is 15.4. The van der Waals surface area contributed by atoms with Gasteiger partial charge in [-0.3, -0.25) is 14.5 Å². The molecule has 238 valence electrons. The number of aryl methyl sites for hydroxylation is 2. The van der Waals surface area contributed by atoms with E-state index < -0.39 is 17.0 Å². The first kappa shape index (κ1) is 32.2. The summed E-state index contributed by atoms with van der Waals surface area (Å²) in [6, 6.07) is 6.17. The van der Waals surface area contributed by atoms with Crippen LogP contribution in [0.1, 0.15) is 115 Å². The number of amides is 1. The van der Waals surface area contributed by atoms with Crippen molar-refractivity contribution < 1.29 is 19.8 Å². The lowest BCUT2D eigenvalue weighted by molar-refractivity contribution is -0.186. The largest absolute Gasteiger partial charge is 0.481 e. The van der Waals surface area contributed by atoms with Gasteiger partial charge in [0.05, 0.1) is 17.1 Å². The molecule has 7 atom stereocenters. The highest BCUT2D eigenvalue weighted by molar-refractivity contribution is 5.96. The molecule has 4 saturated carbocycles. The van der Waals surface area contributed by atoms with Crippen LogP contribution in [0.25, 0.3) is 0 Å². The van der Waals surface area contributed by atoms with E-state index in [-0.39, 0.29) is 28.7 Å². The number of hydrogen-bond acceptors (Lipinski definition) is 4. The Kier molecular flexibility index (Phi) is 8.97. The summed E-state index contributed by atoms with van der Waals surface area (Å²) >= 11 is 0. The summed E-state index contributed by atoms with van der Waals surface area (Å²) < 4.78 is 0. The van der Waals surface area contributed by atoms with Crippen molar-refractivity contribution in [1.29, 1.82) is 0 Å². The number of likely N-dealkylation sites (tertiary alicyclic amines) is 1. The molecule has 0 unspecified atom stereocenters. The van der Waals surface area contributed by atoms with Crippen LogP contribution in [0.5, 0.6) is 0 Å². The molecular weight excluding hydrogens is 536 g/mol. The van der Waals surface area contributed by atoms with E-state index in [4.69, 9.17) is 0 Å². The molecule has 5 fully saturated rings. The second-order valence-electron chi connectivity index (χ2n) is 15.4. The number of para-hydroxylation sites is 1. The number of carboxylic acid groups (broad SMARTS) is 1. The molecule has 1 spiro atoms. The fourth-order valence-electron chi connectivity index (χ4n) is 10.7. The standard InChI is InChI=1S/C20H30O3.C17H26N2O/c1-13-11-19-9-5-14-17(2,7-4-8-18(14,3)16(21)22)15(19)6-10-20(13,23)12-19;1-4-11-19-12-6-5-10-15(19)17(20)18-16-13(2)8-7-9-14(16)3/h14-15,23H,1,4-12H2,2-3H3,(H,21,22);7-9,15H,4-6,10-12H2,1-3H3,(H,18,20)/t14-,15-,17+,18+,19+,20-;15-/m00/s1. The van der Waals surface area contributed by atoms with E-state index in [2.05, 4.69) is 30.6 Å². The van der Waals surface area contributed by atoms with Gasteiger partial charge in [-0.1, -0.05) is 51.5 Å². The van der Waals surface area contributed by atoms with Crippen LogP contribution >= 0.6 is 0 Å². The number of rotatable bonds is 5. The molecular formula is C37H56N2O4. The summed E-state index contributed by atoms with van der Waals surface area (Å²) in [7, 11) is 0. The predicted octanol–water partition coefficient (Wildman–Crippen LogP) is 7.66. The molecule has 4 aliphatic carbocycles. The number of hydrogen-bond donors (Lipinski definition) is 3. The second kappa shape index (κ2) is 12.0. The summed E-state index contributed by atoms with van der Waals surface area (Å²) in [5, 5.41) is 24.0. The van der Waals surface area contributed by atoms with Crippen LogP contribution in [-0.2, 0) is 9.59 Å². The topological polar surface area (TPSA) is 89.9 Å². The smallest absolute Gasteiger partial charge is 0.309 e. The lowest BCUT2D eigenvalue weighted by Crippen LogP contribution is -2.59. The van der Waals surface area contributed by atoms with Crippen LogP contribution in [0, 0.1) is 41.9 Å². The van der Waals surface area contributed by atoms with Crippen molar-refractivity contribution in [2.24, 2.45) is 28.1 Å². The predicted molar refractivity (Wildman–Crippen MR) is 173 cm³/mol. The Labute approximate surface area is 259 Å². The zero-order valence-electron chi connectivity index (χ0n) is 27.4. The van der Waals surface area contributed by atoms with Gasteiger partial charge >= 0.3 is 5.97 Å². The van der Waals surface area contributed by atoms with E-state index in [1.54, 1.807) is 0 Å². The van der Waals surface area contributed by atoms with Gasteiger partial charge in [0.25, 0.3) is 0 Å². The Bertz CT molecular complexity index is 1220. The van der Waals surface area contributed by atoms with Gasteiger partial charge < -0.3 is 15.5 Å². The van der Waals surface area contributed by atoms with Crippen LogP contribution in [0.15, 0.2) is 30.4 Å². The Morgan fingerprint density at radius 2 is 1.70 bits per heavy atom. The highest BCUT2D eigenvalue weighted by atomic mass is 16.4. The van der Waals surface area contributed by atoms with E-state index in [9.17, 15) is 19.8 Å². The molecule has 3 N–H and O–H groups in total. The number of benzene rings is 1. The molecule has 1 amide bonds. The summed E-state index contributed by atoms with van der Waals surface area (Å²) in [5.74, 6) is 0.382. The average molecular weight is 593 g/mol. The maximum absolute atomic E-state index is 12.6. The number of nitrogens with one attached hydrogen (secondary N) is 1. The zero-order valence-corrected chi connectivity index (χ0v) is 27.4. The molecule has 6 rings (SSSR count). The van der Waals surface area contributed by atoms with E-state index >= 15 is 0 Å². The van der Waals surface area contributed by atoms with E-state index in [0.29, 0.717) is 5.92 Å². The SMILES string of the molecule is C=C1C[C@@]23CC[C@H]4[C@@](C)(CCC[C@@]4(C)C(=O)O)[C@@H]2CC[C@]1(O)C3.CCCN1CCCC[C@H]1C(=O)Nc1c(C)cccc1C. The molecule has 1 heterocycles. The van der Waals surface area contributed by atoms with Gasteiger partial charge in [0, 0.05) is 5.69 Å². The number of anilines is 1. The molecule has 6 heteroatoms. The summed E-state index contributed by atoms with van der Waals surface area (Å²) in [4.78, 5) is 27.0. The van der Waals surface area contributed by atoms with Crippen molar-refractivity contribution in [3.63, 3.8) is 0 Å². The van der Waals surface area contributed by atoms with Crippen LogP contribution < -0.4 is 5.32 Å². The van der Waals surface area contributed by atoms with Crippen LogP contribution in [0.4, 0.5) is 5.69 Å². The quantitative estimate of drug-likeness (QED) is 0.306. The first-order valence-corrected chi connectivity index (χ1v) is 17.0. The van der Waals surface area contributed by atoms with Gasteiger partial charge in [-0.2, -0.15) is 0 Å². The first-order valence-electron chi connectivity index (χ1n) is 17.0. The maximum atomic E-state index is 12.6. The van der Waals surface area contributed by atoms with Crippen molar-refractivity contribution in [2.75, 3.05) is 18.4 Å². The van der Waals surface area contributed by atoms with Crippen LogP contribution in [-0.4, -0.2) is 51.7 Å².